The maximum Gasteiger partial charge on any atom is 0.230 e. The Morgan fingerprint density at radius 3 is 3.00 bits per heavy atom. The van der Waals surface area contributed by atoms with E-state index in [0.717, 1.165) is 29.8 Å². The molecule has 0 saturated heterocycles. The number of amides is 1. The summed E-state index contributed by atoms with van der Waals surface area (Å²) in [5, 5.41) is 3.55. The first-order chi connectivity index (χ1) is 9.01. The maximum atomic E-state index is 12.0. The number of nitrogen functional groups attached to an aromatic ring is 1. The molecule has 1 heterocycles. The lowest BCUT2D eigenvalue weighted by atomic mass is 9.96. The first kappa shape index (κ1) is 14.0. The number of aromatic nitrogens is 1. The van der Waals surface area contributed by atoms with Crippen LogP contribution in [0.4, 0.5) is 5.13 Å². The number of hydrogen-bond acceptors (Lipinski definition) is 5. The number of ketones is 1. The number of carbonyl (C=O) groups excluding carboxylic acids is 2. The van der Waals surface area contributed by atoms with Crippen LogP contribution in [-0.4, -0.2) is 22.7 Å². The van der Waals surface area contributed by atoms with Crippen molar-refractivity contribution in [2.24, 2.45) is 5.92 Å². The number of thiazole rings is 1. The van der Waals surface area contributed by atoms with E-state index >= 15 is 0 Å². The van der Waals surface area contributed by atoms with Gasteiger partial charge in [-0.25, -0.2) is 4.98 Å². The minimum atomic E-state index is -0.557. The molecule has 6 heteroatoms. The van der Waals surface area contributed by atoms with E-state index < -0.39 is 5.92 Å². The molecule has 0 aliphatic heterocycles. The number of hydrogen-bond donors (Lipinski definition) is 2. The molecule has 1 aliphatic rings. The van der Waals surface area contributed by atoms with Gasteiger partial charge in [0.15, 0.2) is 5.13 Å². The average molecular weight is 281 g/mol. The van der Waals surface area contributed by atoms with E-state index in [0.29, 0.717) is 11.6 Å². The van der Waals surface area contributed by atoms with E-state index in [-0.39, 0.29) is 17.7 Å². The van der Waals surface area contributed by atoms with Gasteiger partial charge in [0.05, 0.1) is 11.6 Å². The Hall–Kier alpha value is -1.43. The van der Waals surface area contributed by atoms with Crippen LogP contribution in [0.5, 0.6) is 0 Å². The molecule has 0 bridgehead atoms. The van der Waals surface area contributed by atoms with Crippen LogP contribution in [0.3, 0.4) is 0 Å². The molecule has 1 amide bonds. The summed E-state index contributed by atoms with van der Waals surface area (Å²) in [5.74, 6) is -0.744. The number of nitrogens with zero attached hydrogens (tertiary/aromatic N) is 1. The molecule has 1 aromatic heterocycles. The minimum Gasteiger partial charge on any atom is -0.375 e. The molecule has 19 heavy (non-hydrogen) atoms. The van der Waals surface area contributed by atoms with E-state index in [2.05, 4.69) is 10.3 Å². The quantitative estimate of drug-likeness (QED) is 0.815. The Labute approximate surface area is 116 Å². The van der Waals surface area contributed by atoms with E-state index in [4.69, 9.17) is 5.73 Å². The molecule has 0 aromatic carbocycles. The Balaban J connectivity index is 1.95. The van der Waals surface area contributed by atoms with Crippen LogP contribution >= 0.6 is 11.3 Å². The monoisotopic (exact) mass is 281 g/mol. The summed E-state index contributed by atoms with van der Waals surface area (Å²) in [4.78, 5) is 28.9. The van der Waals surface area contributed by atoms with Gasteiger partial charge in [-0.3, -0.25) is 9.59 Å². The fraction of sp³-hybridized carbons (Fsp3) is 0.615. The number of fused-ring (bicyclic) bond motifs is 1. The standard InChI is InChI=1S/C13H19N3O2S/c1-3-10(17)7(2)12(18)15-8-4-5-9-11(6-8)19-13(14)16-9/h7-8H,3-6H2,1-2H3,(H2,14,16)(H,15,18)/t7-,8+/m1/s1. The predicted octanol–water partition coefficient (Wildman–Crippen LogP) is 1.31. The summed E-state index contributed by atoms with van der Waals surface area (Å²) < 4.78 is 0. The summed E-state index contributed by atoms with van der Waals surface area (Å²) in [6.07, 6.45) is 2.86. The number of nitrogens with two attached hydrogens (primary N) is 1. The molecule has 0 spiro atoms. The number of aryl methyl sites for hydroxylation is 1. The van der Waals surface area contributed by atoms with Gasteiger partial charge in [0.25, 0.3) is 0 Å². The van der Waals surface area contributed by atoms with Crippen molar-refractivity contribution >= 4 is 28.2 Å². The molecule has 0 radical (unpaired) electrons. The Morgan fingerprint density at radius 1 is 1.58 bits per heavy atom. The molecule has 0 fully saturated rings. The van der Waals surface area contributed by atoms with Crippen LogP contribution in [0.2, 0.25) is 0 Å². The van der Waals surface area contributed by atoms with Crippen LogP contribution in [0.25, 0.3) is 0 Å². The van der Waals surface area contributed by atoms with Crippen molar-refractivity contribution in [1.82, 2.24) is 10.3 Å². The van der Waals surface area contributed by atoms with Crippen molar-refractivity contribution < 1.29 is 9.59 Å². The van der Waals surface area contributed by atoms with E-state index in [1.54, 1.807) is 13.8 Å². The molecule has 2 atom stereocenters. The van der Waals surface area contributed by atoms with Crippen molar-refractivity contribution in [2.45, 2.75) is 45.6 Å². The first-order valence-electron chi connectivity index (χ1n) is 6.58. The van der Waals surface area contributed by atoms with E-state index in [1.807, 2.05) is 0 Å². The lowest BCUT2D eigenvalue weighted by Gasteiger charge is -2.23. The Morgan fingerprint density at radius 2 is 2.32 bits per heavy atom. The second-order valence-corrected chi connectivity index (χ2v) is 6.03. The largest absolute Gasteiger partial charge is 0.375 e. The van der Waals surface area contributed by atoms with Crippen molar-refractivity contribution in [3.8, 4) is 0 Å². The highest BCUT2D eigenvalue weighted by molar-refractivity contribution is 7.15. The molecule has 104 valence electrons. The van der Waals surface area contributed by atoms with Gasteiger partial charge in [-0.2, -0.15) is 0 Å². The molecule has 0 unspecified atom stereocenters. The topological polar surface area (TPSA) is 85.1 Å². The van der Waals surface area contributed by atoms with E-state index in [9.17, 15) is 9.59 Å². The van der Waals surface area contributed by atoms with Crippen molar-refractivity contribution in [2.75, 3.05) is 5.73 Å². The van der Waals surface area contributed by atoms with Gasteiger partial charge in [0.2, 0.25) is 5.91 Å². The van der Waals surface area contributed by atoms with E-state index in [1.165, 1.54) is 11.3 Å². The van der Waals surface area contributed by atoms with Crippen LogP contribution < -0.4 is 11.1 Å². The third kappa shape index (κ3) is 3.12. The molecular weight excluding hydrogens is 262 g/mol. The number of anilines is 1. The third-order valence-corrected chi connectivity index (χ3v) is 4.48. The molecule has 0 saturated carbocycles. The highest BCUT2D eigenvalue weighted by Crippen LogP contribution is 2.28. The molecule has 1 aromatic rings. The number of Topliss-reactive ketones (excluding diaryl/α,β-unsaturated/α-hetero) is 1. The summed E-state index contributed by atoms with van der Waals surface area (Å²) in [5.41, 5.74) is 6.75. The summed E-state index contributed by atoms with van der Waals surface area (Å²) in [6, 6.07) is 0.0898. The normalized spacial score (nSPS) is 19.6. The van der Waals surface area contributed by atoms with Crippen molar-refractivity contribution in [3.63, 3.8) is 0 Å². The van der Waals surface area contributed by atoms with Crippen LogP contribution in [0, 0.1) is 5.92 Å². The zero-order valence-electron chi connectivity index (χ0n) is 11.2. The predicted molar refractivity (Wildman–Crippen MR) is 74.9 cm³/mol. The molecule has 3 N–H and O–H groups in total. The summed E-state index contributed by atoms with van der Waals surface area (Å²) in [6.45, 7) is 3.44. The minimum absolute atomic E-state index is 0.0176. The Bertz CT molecular complexity index is 498. The zero-order chi connectivity index (χ0) is 14.0. The Kier molecular flexibility index (Phi) is 4.19. The van der Waals surface area contributed by atoms with Gasteiger partial charge in [0, 0.05) is 23.8 Å². The van der Waals surface area contributed by atoms with Crippen LogP contribution in [0.15, 0.2) is 0 Å². The lowest BCUT2D eigenvalue weighted by molar-refractivity contribution is -0.133. The highest BCUT2D eigenvalue weighted by Gasteiger charge is 2.26. The van der Waals surface area contributed by atoms with Gasteiger partial charge >= 0.3 is 0 Å². The van der Waals surface area contributed by atoms with Gasteiger partial charge in [-0.05, 0) is 19.8 Å². The molecule has 5 nitrogen and oxygen atoms in total. The molecule has 2 rings (SSSR count). The third-order valence-electron chi connectivity index (χ3n) is 3.53. The first-order valence-corrected chi connectivity index (χ1v) is 7.40. The van der Waals surface area contributed by atoms with Gasteiger partial charge in [0.1, 0.15) is 5.78 Å². The number of rotatable bonds is 4. The molecular formula is C13H19N3O2S. The summed E-state index contributed by atoms with van der Waals surface area (Å²) in [7, 11) is 0. The van der Waals surface area contributed by atoms with Gasteiger partial charge in [-0.1, -0.05) is 6.92 Å². The highest BCUT2D eigenvalue weighted by atomic mass is 32.1. The van der Waals surface area contributed by atoms with Crippen molar-refractivity contribution in [1.29, 1.82) is 0 Å². The van der Waals surface area contributed by atoms with Crippen LogP contribution in [0.1, 0.15) is 37.3 Å². The number of carbonyl (C=O) groups is 2. The fourth-order valence-corrected chi connectivity index (χ4v) is 3.26. The second-order valence-electron chi connectivity index (χ2n) is 4.91. The SMILES string of the molecule is CCC(=O)[C@@H](C)C(=O)N[C@H]1CCc2nc(N)sc2C1. The average Bonchev–Trinajstić information content (AvgIpc) is 2.76. The zero-order valence-corrected chi connectivity index (χ0v) is 12.0. The number of nitrogens with one attached hydrogen (secondary N) is 1. The maximum absolute atomic E-state index is 12.0. The smallest absolute Gasteiger partial charge is 0.230 e. The van der Waals surface area contributed by atoms with Gasteiger partial charge < -0.3 is 11.1 Å². The van der Waals surface area contributed by atoms with Gasteiger partial charge in [-0.15, -0.1) is 11.3 Å². The lowest BCUT2D eigenvalue weighted by Crippen LogP contribution is -2.42. The molecule has 1 aliphatic carbocycles. The van der Waals surface area contributed by atoms with Crippen molar-refractivity contribution in [3.05, 3.63) is 10.6 Å². The van der Waals surface area contributed by atoms with Crippen LogP contribution in [-0.2, 0) is 22.4 Å². The summed E-state index contributed by atoms with van der Waals surface area (Å²) >= 11 is 1.49. The fourth-order valence-electron chi connectivity index (χ4n) is 2.30. The second kappa shape index (κ2) is 5.69.